The molecule has 1 N–H and O–H groups in total. The average Bonchev–Trinajstić information content (AvgIpc) is 2.48. The first-order valence-electron chi connectivity index (χ1n) is 6.43. The first-order chi connectivity index (χ1) is 9.36. The number of anilines is 1. The van der Waals surface area contributed by atoms with Gasteiger partial charge in [-0.2, -0.15) is 11.8 Å². The molecule has 0 fully saturated rings. The van der Waals surface area contributed by atoms with Crippen LogP contribution in [0.4, 0.5) is 5.69 Å². The highest BCUT2D eigenvalue weighted by Gasteiger charge is 2.19. The molecule has 0 spiro atoms. The smallest absolute Gasteiger partial charge is 0.119 e. The fraction of sp³-hybridized carbons (Fsp3) is 0.250. The van der Waals surface area contributed by atoms with E-state index in [2.05, 4.69) is 41.7 Å². The van der Waals surface area contributed by atoms with E-state index in [4.69, 9.17) is 4.74 Å². The molecular formula is C16H17NOS. The summed E-state index contributed by atoms with van der Waals surface area (Å²) < 4.78 is 5.18. The molecule has 2 aromatic rings. The van der Waals surface area contributed by atoms with E-state index in [-0.39, 0.29) is 0 Å². The van der Waals surface area contributed by atoms with Crippen LogP contribution in [-0.4, -0.2) is 12.9 Å². The van der Waals surface area contributed by atoms with Crippen molar-refractivity contribution in [3.63, 3.8) is 0 Å². The van der Waals surface area contributed by atoms with Gasteiger partial charge in [-0.05, 0) is 35.4 Å². The van der Waals surface area contributed by atoms with Crippen molar-refractivity contribution >= 4 is 17.4 Å². The topological polar surface area (TPSA) is 21.3 Å². The number of hydrogen-bond donors (Lipinski definition) is 1. The first kappa shape index (κ1) is 12.4. The van der Waals surface area contributed by atoms with Crippen LogP contribution in [-0.2, 0) is 5.75 Å². The number of fused-ring (bicyclic) bond motifs is 1. The Morgan fingerprint density at radius 3 is 2.68 bits per heavy atom. The molecule has 0 bridgehead atoms. The molecule has 0 aromatic heterocycles. The Kier molecular flexibility index (Phi) is 3.65. The van der Waals surface area contributed by atoms with Gasteiger partial charge in [0.05, 0.1) is 13.2 Å². The van der Waals surface area contributed by atoms with Crippen LogP contribution in [0.2, 0.25) is 0 Å². The van der Waals surface area contributed by atoms with E-state index >= 15 is 0 Å². The van der Waals surface area contributed by atoms with Crippen molar-refractivity contribution in [3.05, 3.63) is 59.7 Å². The SMILES string of the molecule is COc1ccc(NC2CSCc3ccccc32)cc1. The maximum Gasteiger partial charge on any atom is 0.119 e. The van der Waals surface area contributed by atoms with Gasteiger partial charge >= 0.3 is 0 Å². The molecule has 2 aromatic carbocycles. The van der Waals surface area contributed by atoms with Gasteiger partial charge in [-0.1, -0.05) is 24.3 Å². The number of ether oxygens (including phenoxy) is 1. The monoisotopic (exact) mass is 271 g/mol. The van der Waals surface area contributed by atoms with E-state index in [9.17, 15) is 0 Å². The molecule has 1 aliphatic rings. The van der Waals surface area contributed by atoms with Gasteiger partial charge in [0.1, 0.15) is 5.75 Å². The maximum atomic E-state index is 5.18. The van der Waals surface area contributed by atoms with Crippen molar-refractivity contribution in [1.82, 2.24) is 0 Å². The molecule has 3 rings (SSSR count). The first-order valence-corrected chi connectivity index (χ1v) is 7.58. The minimum atomic E-state index is 0.392. The fourth-order valence-electron chi connectivity index (χ4n) is 2.39. The van der Waals surface area contributed by atoms with Crippen LogP contribution < -0.4 is 10.1 Å². The highest BCUT2D eigenvalue weighted by atomic mass is 32.2. The number of nitrogens with one attached hydrogen (secondary N) is 1. The Bertz CT molecular complexity index is 553. The van der Waals surface area contributed by atoms with Crippen molar-refractivity contribution in [2.75, 3.05) is 18.2 Å². The highest BCUT2D eigenvalue weighted by molar-refractivity contribution is 7.98. The van der Waals surface area contributed by atoms with Crippen LogP contribution in [0.3, 0.4) is 0 Å². The summed E-state index contributed by atoms with van der Waals surface area (Å²) >= 11 is 1.99. The molecule has 98 valence electrons. The van der Waals surface area contributed by atoms with Crippen LogP contribution >= 0.6 is 11.8 Å². The molecule has 2 nitrogen and oxygen atoms in total. The Hall–Kier alpha value is -1.61. The predicted molar refractivity (Wildman–Crippen MR) is 82.0 cm³/mol. The Balaban J connectivity index is 1.80. The van der Waals surface area contributed by atoms with Gasteiger partial charge in [0.2, 0.25) is 0 Å². The summed E-state index contributed by atoms with van der Waals surface area (Å²) in [4.78, 5) is 0. The molecule has 1 heterocycles. The second kappa shape index (κ2) is 5.57. The molecule has 1 unspecified atom stereocenters. The number of thioether (sulfide) groups is 1. The third-order valence-corrected chi connectivity index (χ3v) is 4.49. The van der Waals surface area contributed by atoms with E-state index in [1.807, 2.05) is 23.9 Å². The lowest BCUT2D eigenvalue weighted by Gasteiger charge is -2.27. The quantitative estimate of drug-likeness (QED) is 0.908. The van der Waals surface area contributed by atoms with Crippen LogP contribution in [0.5, 0.6) is 5.75 Å². The van der Waals surface area contributed by atoms with Gasteiger partial charge in [0.15, 0.2) is 0 Å². The van der Waals surface area contributed by atoms with Gasteiger partial charge in [0.25, 0.3) is 0 Å². The third kappa shape index (κ3) is 2.71. The minimum absolute atomic E-state index is 0.392. The number of rotatable bonds is 3. The van der Waals surface area contributed by atoms with E-state index in [0.29, 0.717) is 6.04 Å². The van der Waals surface area contributed by atoms with Gasteiger partial charge in [-0.25, -0.2) is 0 Å². The van der Waals surface area contributed by atoms with Gasteiger partial charge in [0, 0.05) is 17.2 Å². The molecule has 0 saturated heterocycles. The average molecular weight is 271 g/mol. The van der Waals surface area contributed by atoms with Crippen LogP contribution in [0.15, 0.2) is 48.5 Å². The lowest BCUT2D eigenvalue weighted by atomic mass is 10.0. The minimum Gasteiger partial charge on any atom is -0.497 e. The molecule has 1 atom stereocenters. The summed E-state index contributed by atoms with van der Waals surface area (Å²) in [6, 6.07) is 17.2. The van der Waals surface area contributed by atoms with Crippen LogP contribution in [0, 0.1) is 0 Å². The molecule has 3 heteroatoms. The lowest BCUT2D eigenvalue weighted by molar-refractivity contribution is 0.415. The zero-order valence-corrected chi connectivity index (χ0v) is 11.7. The summed E-state index contributed by atoms with van der Waals surface area (Å²) in [6.07, 6.45) is 0. The third-order valence-electron chi connectivity index (χ3n) is 3.40. The Labute approximate surface area is 118 Å². The van der Waals surface area contributed by atoms with Gasteiger partial charge < -0.3 is 10.1 Å². The summed E-state index contributed by atoms with van der Waals surface area (Å²) in [5.41, 5.74) is 4.02. The predicted octanol–water partition coefficient (Wildman–Crippen LogP) is 4.10. The lowest BCUT2D eigenvalue weighted by Crippen LogP contribution is -2.18. The Morgan fingerprint density at radius 1 is 1.11 bits per heavy atom. The molecular weight excluding hydrogens is 254 g/mol. The largest absolute Gasteiger partial charge is 0.497 e. The summed E-state index contributed by atoms with van der Waals surface area (Å²) in [7, 11) is 1.69. The van der Waals surface area contributed by atoms with Crippen molar-refractivity contribution < 1.29 is 4.74 Å². The molecule has 1 aliphatic heterocycles. The highest BCUT2D eigenvalue weighted by Crippen LogP contribution is 2.33. The number of methoxy groups -OCH3 is 1. The second-order valence-corrected chi connectivity index (χ2v) is 5.67. The van der Waals surface area contributed by atoms with Gasteiger partial charge in [-0.3, -0.25) is 0 Å². The number of benzene rings is 2. The second-order valence-electron chi connectivity index (χ2n) is 4.64. The maximum absolute atomic E-state index is 5.18. The van der Waals surface area contributed by atoms with Crippen molar-refractivity contribution in [2.24, 2.45) is 0 Å². The zero-order valence-electron chi connectivity index (χ0n) is 10.9. The standard InChI is InChI=1S/C16H17NOS/c1-18-14-8-6-13(7-9-14)17-16-11-19-10-12-4-2-3-5-15(12)16/h2-9,16-17H,10-11H2,1H3. The van der Waals surface area contributed by atoms with Crippen molar-refractivity contribution in [2.45, 2.75) is 11.8 Å². The summed E-state index contributed by atoms with van der Waals surface area (Å²) in [5, 5.41) is 3.61. The molecule has 0 radical (unpaired) electrons. The fourth-order valence-corrected chi connectivity index (χ4v) is 3.49. The van der Waals surface area contributed by atoms with E-state index < -0.39 is 0 Å². The van der Waals surface area contributed by atoms with Crippen molar-refractivity contribution in [1.29, 1.82) is 0 Å². The molecule has 0 amide bonds. The van der Waals surface area contributed by atoms with Gasteiger partial charge in [-0.15, -0.1) is 0 Å². The number of hydrogen-bond acceptors (Lipinski definition) is 3. The molecule has 0 aliphatic carbocycles. The zero-order chi connectivity index (χ0) is 13.1. The van der Waals surface area contributed by atoms with E-state index in [1.54, 1.807) is 7.11 Å². The van der Waals surface area contributed by atoms with Crippen LogP contribution in [0.25, 0.3) is 0 Å². The van der Waals surface area contributed by atoms with Crippen LogP contribution in [0.1, 0.15) is 17.2 Å². The molecule has 0 saturated carbocycles. The summed E-state index contributed by atoms with van der Waals surface area (Å²) in [5.74, 6) is 3.13. The van der Waals surface area contributed by atoms with Crippen molar-refractivity contribution in [3.8, 4) is 5.75 Å². The van der Waals surface area contributed by atoms with E-state index in [0.717, 1.165) is 22.9 Å². The van der Waals surface area contributed by atoms with E-state index in [1.165, 1.54) is 11.1 Å². The summed E-state index contributed by atoms with van der Waals surface area (Å²) in [6.45, 7) is 0. The normalized spacial score (nSPS) is 17.6. The molecule has 19 heavy (non-hydrogen) atoms. The Morgan fingerprint density at radius 2 is 1.89 bits per heavy atom.